The van der Waals surface area contributed by atoms with E-state index in [9.17, 15) is 14.4 Å². The molecule has 1 aliphatic carbocycles. The van der Waals surface area contributed by atoms with E-state index in [4.69, 9.17) is 21.7 Å². The van der Waals surface area contributed by atoms with Crippen LogP contribution in [0.15, 0.2) is 59.4 Å². The van der Waals surface area contributed by atoms with Gasteiger partial charge in [0.15, 0.2) is 11.0 Å². The number of fused-ring (bicyclic) bond motifs is 1. The Morgan fingerprint density at radius 2 is 1.76 bits per heavy atom. The number of amides is 2. The van der Waals surface area contributed by atoms with E-state index in [0.717, 1.165) is 36.8 Å². The summed E-state index contributed by atoms with van der Waals surface area (Å²) in [6.45, 7) is 4.26. The molecule has 2 aliphatic rings. The number of carbonyl (C=O) groups is 2. The molecular weight excluding hydrogens is 556 g/mol. The number of halogens is 1. The molecule has 1 fully saturated rings. The van der Waals surface area contributed by atoms with Crippen LogP contribution < -0.4 is 21.5 Å². The predicted molar refractivity (Wildman–Crippen MR) is 161 cm³/mol. The SMILES string of the molecule is CC1(C)CC(C(=O)NCc2ccc(C(=N)NC(=O)OCc3ccccc3)cc2)n2c1c(Cl)nc(NC1CCCC1)c2=O. The third kappa shape index (κ3) is 6.49. The Morgan fingerprint density at radius 3 is 2.45 bits per heavy atom. The van der Waals surface area contributed by atoms with Crippen LogP contribution in [0.2, 0.25) is 5.15 Å². The van der Waals surface area contributed by atoms with Gasteiger partial charge in [0, 0.05) is 23.6 Å². The maximum atomic E-state index is 13.5. The van der Waals surface area contributed by atoms with E-state index < -0.39 is 17.6 Å². The van der Waals surface area contributed by atoms with Gasteiger partial charge in [-0.25, -0.2) is 9.78 Å². The van der Waals surface area contributed by atoms with Gasteiger partial charge >= 0.3 is 6.09 Å². The number of carbonyl (C=O) groups excluding carboxylic acids is 2. The molecule has 1 saturated carbocycles. The van der Waals surface area contributed by atoms with Crippen LogP contribution in [0, 0.1) is 5.41 Å². The zero-order valence-corrected chi connectivity index (χ0v) is 24.5. The van der Waals surface area contributed by atoms with Crippen LogP contribution in [-0.4, -0.2) is 33.4 Å². The Kier molecular flexibility index (Phi) is 8.63. The summed E-state index contributed by atoms with van der Waals surface area (Å²) in [5.41, 5.74) is 1.88. The zero-order chi connectivity index (χ0) is 29.9. The van der Waals surface area contributed by atoms with E-state index in [1.54, 1.807) is 24.3 Å². The second kappa shape index (κ2) is 12.4. The van der Waals surface area contributed by atoms with Gasteiger partial charge in [-0.05, 0) is 30.4 Å². The van der Waals surface area contributed by atoms with Crippen molar-refractivity contribution in [3.8, 4) is 0 Å². The summed E-state index contributed by atoms with van der Waals surface area (Å²) >= 11 is 6.58. The second-order valence-electron chi connectivity index (χ2n) is 11.5. The molecule has 0 bridgehead atoms. The fraction of sp³-hybridized carbons (Fsp3) is 0.387. The monoisotopic (exact) mass is 590 g/mol. The molecule has 11 heteroatoms. The van der Waals surface area contributed by atoms with Crippen LogP contribution in [0.4, 0.5) is 10.6 Å². The number of anilines is 1. The Hall–Kier alpha value is -4.18. The number of benzene rings is 2. The lowest BCUT2D eigenvalue weighted by atomic mass is 9.87. The summed E-state index contributed by atoms with van der Waals surface area (Å²) in [5.74, 6) is -0.181. The van der Waals surface area contributed by atoms with Crippen molar-refractivity contribution in [2.24, 2.45) is 0 Å². The summed E-state index contributed by atoms with van der Waals surface area (Å²) in [4.78, 5) is 43.4. The highest BCUT2D eigenvalue weighted by atomic mass is 35.5. The number of nitrogens with zero attached hydrogens (tertiary/aromatic N) is 2. The predicted octanol–water partition coefficient (Wildman–Crippen LogP) is 5.04. The molecule has 2 heterocycles. The van der Waals surface area contributed by atoms with Crippen molar-refractivity contribution in [1.82, 2.24) is 20.2 Å². The summed E-state index contributed by atoms with van der Waals surface area (Å²) in [5, 5.41) is 17.1. The van der Waals surface area contributed by atoms with E-state index in [1.165, 1.54) is 4.57 Å². The molecule has 1 aliphatic heterocycles. The van der Waals surface area contributed by atoms with Crippen LogP contribution >= 0.6 is 11.6 Å². The molecule has 2 amide bonds. The molecule has 1 unspecified atom stereocenters. The minimum atomic E-state index is -0.717. The summed E-state index contributed by atoms with van der Waals surface area (Å²) < 4.78 is 6.68. The molecule has 0 saturated heterocycles. The molecule has 0 spiro atoms. The number of amidine groups is 1. The molecule has 5 rings (SSSR count). The standard InChI is InChI=1S/C31H35ClN6O4/c1-31(2)16-23(38-24(31)25(32)36-27(29(38)40)35-22-10-6-7-11-22)28(39)34-17-19-12-14-21(15-13-19)26(33)37-30(41)42-18-20-8-4-3-5-9-20/h3-5,8-9,12-15,22-23H,6-7,10-11,16-18H2,1-2H3,(H,34,39)(H,35,36)(H2,33,37,41). The number of rotatable bonds is 8. The smallest absolute Gasteiger partial charge is 0.413 e. The summed E-state index contributed by atoms with van der Waals surface area (Å²) in [6.07, 6.45) is 3.87. The number of aromatic nitrogens is 2. The highest BCUT2D eigenvalue weighted by Gasteiger charge is 2.44. The van der Waals surface area contributed by atoms with Crippen molar-refractivity contribution in [3.05, 3.63) is 92.5 Å². The fourth-order valence-electron chi connectivity index (χ4n) is 5.69. The minimum Gasteiger partial charge on any atom is -0.444 e. The zero-order valence-electron chi connectivity index (χ0n) is 23.7. The summed E-state index contributed by atoms with van der Waals surface area (Å²) in [6, 6.07) is 15.7. The van der Waals surface area contributed by atoms with E-state index >= 15 is 0 Å². The normalized spacial score (nSPS) is 17.4. The Bertz CT molecular complexity index is 1530. The number of ether oxygens (including phenoxy) is 1. The molecule has 3 aromatic rings. The lowest BCUT2D eigenvalue weighted by molar-refractivity contribution is -0.124. The van der Waals surface area contributed by atoms with E-state index in [0.29, 0.717) is 17.7 Å². The first kappa shape index (κ1) is 29.3. The first-order valence-corrected chi connectivity index (χ1v) is 14.5. The van der Waals surface area contributed by atoms with Gasteiger partial charge < -0.3 is 15.4 Å². The second-order valence-corrected chi connectivity index (χ2v) is 11.8. The maximum absolute atomic E-state index is 13.5. The Labute approximate surface area is 249 Å². The van der Waals surface area contributed by atoms with Gasteiger partial charge in [0.1, 0.15) is 18.5 Å². The number of hydrogen-bond donors (Lipinski definition) is 4. The minimum absolute atomic E-state index is 0.0969. The van der Waals surface area contributed by atoms with Crippen LogP contribution in [-0.2, 0) is 28.1 Å². The molecule has 42 heavy (non-hydrogen) atoms. The first-order valence-electron chi connectivity index (χ1n) is 14.1. The fourth-order valence-corrected chi connectivity index (χ4v) is 6.12. The summed E-state index contributed by atoms with van der Waals surface area (Å²) in [7, 11) is 0. The third-order valence-corrected chi connectivity index (χ3v) is 8.14. The van der Waals surface area contributed by atoms with Crippen molar-refractivity contribution in [2.45, 2.75) is 76.6 Å². The molecule has 10 nitrogen and oxygen atoms in total. The van der Waals surface area contributed by atoms with Crippen molar-refractivity contribution < 1.29 is 14.3 Å². The molecule has 1 aromatic heterocycles. The van der Waals surface area contributed by atoms with E-state index in [-0.39, 0.29) is 47.5 Å². The van der Waals surface area contributed by atoms with Crippen molar-refractivity contribution in [3.63, 3.8) is 0 Å². The highest BCUT2D eigenvalue weighted by molar-refractivity contribution is 6.30. The van der Waals surface area contributed by atoms with Gasteiger partial charge in [-0.2, -0.15) is 0 Å². The van der Waals surface area contributed by atoms with Crippen molar-refractivity contribution in [2.75, 3.05) is 5.32 Å². The first-order chi connectivity index (χ1) is 20.1. The highest BCUT2D eigenvalue weighted by Crippen LogP contribution is 2.43. The molecule has 220 valence electrons. The Morgan fingerprint density at radius 1 is 1.07 bits per heavy atom. The molecule has 2 aromatic carbocycles. The van der Waals surface area contributed by atoms with Crippen molar-refractivity contribution >= 4 is 35.3 Å². The quantitative estimate of drug-likeness (QED) is 0.214. The average molecular weight is 591 g/mol. The number of alkyl carbamates (subject to hydrolysis) is 1. The topological polar surface area (TPSA) is 138 Å². The van der Waals surface area contributed by atoms with E-state index in [2.05, 4.69) is 20.9 Å². The lowest BCUT2D eigenvalue weighted by Gasteiger charge is -2.20. The van der Waals surface area contributed by atoms with Gasteiger partial charge in [0.2, 0.25) is 5.91 Å². The van der Waals surface area contributed by atoms with Crippen LogP contribution in [0.1, 0.15) is 74.4 Å². The molecule has 4 N–H and O–H groups in total. The van der Waals surface area contributed by atoms with Gasteiger partial charge in [-0.1, -0.05) is 92.9 Å². The maximum Gasteiger partial charge on any atom is 0.413 e. The van der Waals surface area contributed by atoms with Gasteiger partial charge in [0.25, 0.3) is 5.56 Å². The average Bonchev–Trinajstić information content (AvgIpc) is 3.59. The van der Waals surface area contributed by atoms with Crippen LogP contribution in [0.3, 0.4) is 0 Å². The lowest BCUT2D eigenvalue weighted by Crippen LogP contribution is -2.37. The Balaban J connectivity index is 1.20. The third-order valence-electron chi connectivity index (χ3n) is 7.87. The van der Waals surface area contributed by atoms with Crippen LogP contribution in [0.25, 0.3) is 0 Å². The van der Waals surface area contributed by atoms with Crippen LogP contribution in [0.5, 0.6) is 0 Å². The number of hydrogen-bond acceptors (Lipinski definition) is 7. The van der Waals surface area contributed by atoms with Gasteiger partial charge in [-0.3, -0.25) is 24.9 Å². The number of nitrogens with one attached hydrogen (secondary N) is 4. The van der Waals surface area contributed by atoms with Gasteiger partial charge in [0.05, 0.1) is 5.69 Å². The largest absolute Gasteiger partial charge is 0.444 e. The molecule has 1 atom stereocenters. The van der Waals surface area contributed by atoms with Gasteiger partial charge in [-0.15, -0.1) is 0 Å². The van der Waals surface area contributed by atoms with E-state index in [1.807, 2.05) is 44.2 Å². The molecule has 0 radical (unpaired) electrons. The van der Waals surface area contributed by atoms with Crippen molar-refractivity contribution in [1.29, 1.82) is 5.41 Å². The molecular formula is C31H35ClN6O4.